The molecular weight excluding hydrogens is 158 g/mol. The minimum Gasteiger partial charge on any atom is -0.207 e. The van der Waals surface area contributed by atoms with Gasteiger partial charge in [0, 0.05) is 12.3 Å². The molecule has 0 atom stereocenters. The van der Waals surface area contributed by atoms with E-state index in [2.05, 4.69) is 0 Å². The lowest BCUT2D eigenvalue weighted by Crippen LogP contribution is -2.26. The highest BCUT2D eigenvalue weighted by atomic mass is 19.3. The Morgan fingerprint density at radius 2 is 1.75 bits per heavy atom. The zero-order valence-corrected chi connectivity index (χ0v) is 7.95. The molecule has 1 fully saturated rings. The summed E-state index contributed by atoms with van der Waals surface area (Å²) in [6, 6.07) is 0. The molecule has 1 rings (SSSR count). The summed E-state index contributed by atoms with van der Waals surface area (Å²) in [6.07, 6.45) is 4.45. The molecule has 1 aliphatic rings. The summed E-state index contributed by atoms with van der Waals surface area (Å²) < 4.78 is 26.4. The summed E-state index contributed by atoms with van der Waals surface area (Å²) in [5.41, 5.74) is 0. The van der Waals surface area contributed by atoms with Crippen molar-refractivity contribution in [3.63, 3.8) is 0 Å². The number of alkyl halides is 2. The first-order valence-electron chi connectivity index (χ1n) is 4.90. The fraction of sp³-hybridized carbons (Fsp3) is 1.00. The Balaban J connectivity index is 2.37. The number of hydrogen-bond acceptors (Lipinski definition) is 0. The van der Waals surface area contributed by atoms with Gasteiger partial charge in [0.05, 0.1) is 0 Å². The molecule has 0 amide bonds. The Bertz CT molecular complexity index is 135. The summed E-state index contributed by atoms with van der Waals surface area (Å²) in [4.78, 5) is 0. The molecule has 0 saturated heterocycles. The Kier molecular flexibility index (Phi) is 3.08. The molecule has 0 aromatic carbocycles. The second-order valence-electron chi connectivity index (χ2n) is 4.27. The average molecular weight is 176 g/mol. The minimum absolute atomic E-state index is 0.116. The van der Waals surface area contributed by atoms with E-state index in [-0.39, 0.29) is 6.42 Å². The van der Waals surface area contributed by atoms with Crippen LogP contribution in [0.3, 0.4) is 0 Å². The number of rotatable bonds is 3. The van der Waals surface area contributed by atoms with Crippen LogP contribution in [-0.4, -0.2) is 5.92 Å². The summed E-state index contributed by atoms with van der Waals surface area (Å²) in [6.45, 7) is 3.21. The van der Waals surface area contributed by atoms with Crippen molar-refractivity contribution in [2.45, 2.75) is 51.9 Å². The summed E-state index contributed by atoms with van der Waals surface area (Å²) in [5.74, 6) is -2.64. The lowest BCUT2D eigenvalue weighted by Gasteiger charge is -2.23. The molecule has 1 aliphatic carbocycles. The van der Waals surface area contributed by atoms with Gasteiger partial charge in [0.1, 0.15) is 0 Å². The maximum Gasteiger partial charge on any atom is 0.250 e. The Labute approximate surface area is 73.3 Å². The predicted molar refractivity (Wildman–Crippen MR) is 46.4 cm³/mol. The van der Waals surface area contributed by atoms with Crippen molar-refractivity contribution in [3.05, 3.63) is 0 Å². The van der Waals surface area contributed by atoms with Gasteiger partial charge in [0.25, 0.3) is 5.92 Å². The largest absolute Gasteiger partial charge is 0.250 e. The van der Waals surface area contributed by atoms with E-state index in [1.807, 2.05) is 0 Å². The summed E-state index contributed by atoms with van der Waals surface area (Å²) >= 11 is 0. The highest BCUT2D eigenvalue weighted by Gasteiger charge is 2.36. The lowest BCUT2D eigenvalue weighted by atomic mass is 9.93. The van der Waals surface area contributed by atoms with Gasteiger partial charge >= 0.3 is 0 Å². The molecule has 0 aliphatic heterocycles. The van der Waals surface area contributed by atoms with Crippen molar-refractivity contribution >= 4 is 0 Å². The zero-order valence-electron chi connectivity index (χ0n) is 7.95. The fourth-order valence-electron chi connectivity index (χ4n) is 1.84. The highest BCUT2D eigenvalue weighted by molar-refractivity contribution is 4.78. The van der Waals surface area contributed by atoms with E-state index in [0.29, 0.717) is 5.92 Å². The predicted octanol–water partition coefficient (Wildman–Crippen LogP) is 3.86. The van der Waals surface area contributed by atoms with Crippen LogP contribution in [0.2, 0.25) is 0 Å². The molecule has 0 radical (unpaired) electrons. The SMILES string of the molecule is CC(C)C(F)(F)CC1CCCC1. The van der Waals surface area contributed by atoms with Crippen LogP contribution in [0.1, 0.15) is 46.0 Å². The van der Waals surface area contributed by atoms with Crippen LogP contribution in [0.25, 0.3) is 0 Å². The van der Waals surface area contributed by atoms with Crippen molar-refractivity contribution in [1.29, 1.82) is 0 Å². The fourth-order valence-corrected chi connectivity index (χ4v) is 1.84. The molecule has 12 heavy (non-hydrogen) atoms. The highest BCUT2D eigenvalue weighted by Crippen LogP contribution is 2.37. The van der Waals surface area contributed by atoms with Crippen molar-refractivity contribution in [2.24, 2.45) is 11.8 Å². The Morgan fingerprint density at radius 1 is 1.25 bits per heavy atom. The van der Waals surface area contributed by atoms with E-state index < -0.39 is 11.8 Å². The second-order valence-corrected chi connectivity index (χ2v) is 4.27. The third-order valence-electron chi connectivity index (χ3n) is 2.88. The van der Waals surface area contributed by atoms with Crippen molar-refractivity contribution in [1.82, 2.24) is 0 Å². The summed E-state index contributed by atoms with van der Waals surface area (Å²) in [5, 5.41) is 0. The average Bonchev–Trinajstić information content (AvgIpc) is 2.38. The van der Waals surface area contributed by atoms with E-state index in [1.54, 1.807) is 13.8 Å². The van der Waals surface area contributed by atoms with E-state index in [0.717, 1.165) is 25.7 Å². The van der Waals surface area contributed by atoms with E-state index in [4.69, 9.17) is 0 Å². The maximum atomic E-state index is 13.2. The van der Waals surface area contributed by atoms with E-state index in [1.165, 1.54) is 0 Å². The van der Waals surface area contributed by atoms with Crippen LogP contribution in [0.5, 0.6) is 0 Å². The third kappa shape index (κ3) is 2.43. The second kappa shape index (κ2) is 3.71. The zero-order chi connectivity index (χ0) is 9.19. The van der Waals surface area contributed by atoms with Crippen molar-refractivity contribution in [3.8, 4) is 0 Å². The van der Waals surface area contributed by atoms with Gasteiger partial charge in [-0.3, -0.25) is 0 Å². The van der Waals surface area contributed by atoms with Crippen LogP contribution in [-0.2, 0) is 0 Å². The van der Waals surface area contributed by atoms with Gasteiger partial charge in [0.2, 0.25) is 0 Å². The molecule has 0 unspecified atom stereocenters. The monoisotopic (exact) mass is 176 g/mol. The number of halogens is 2. The minimum atomic E-state index is -2.44. The van der Waals surface area contributed by atoms with Gasteiger partial charge in [-0.05, 0) is 5.92 Å². The lowest BCUT2D eigenvalue weighted by molar-refractivity contribution is -0.0644. The Hall–Kier alpha value is -0.140. The molecule has 0 aromatic rings. The van der Waals surface area contributed by atoms with Crippen LogP contribution < -0.4 is 0 Å². The van der Waals surface area contributed by atoms with Crippen LogP contribution in [0, 0.1) is 11.8 Å². The first kappa shape index (κ1) is 9.94. The molecule has 0 nitrogen and oxygen atoms in total. The standard InChI is InChI=1S/C10H18F2/c1-8(2)10(11,12)7-9-5-3-4-6-9/h8-9H,3-7H2,1-2H3. The molecular formula is C10H18F2. The molecule has 2 heteroatoms. The van der Waals surface area contributed by atoms with Crippen LogP contribution >= 0.6 is 0 Å². The first-order chi connectivity index (χ1) is 5.52. The van der Waals surface area contributed by atoms with Gasteiger partial charge in [-0.1, -0.05) is 39.5 Å². The topological polar surface area (TPSA) is 0 Å². The third-order valence-corrected chi connectivity index (χ3v) is 2.88. The molecule has 0 aromatic heterocycles. The molecule has 0 spiro atoms. The van der Waals surface area contributed by atoms with Gasteiger partial charge < -0.3 is 0 Å². The molecule has 72 valence electrons. The van der Waals surface area contributed by atoms with Gasteiger partial charge in [-0.2, -0.15) is 0 Å². The van der Waals surface area contributed by atoms with E-state index in [9.17, 15) is 8.78 Å². The first-order valence-corrected chi connectivity index (χ1v) is 4.90. The smallest absolute Gasteiger partial charge is 0.207 e. The van der Waals surface area contributed by atoms with Crippen molar-refractivity contribution in [2.75, 3.05) is 0 Å². The van der Waals surface area contributed by atoms with Crippen LogP contribution in [0.4, 0.5) is 8.78 Å². The molecule has 1 saturated carbocycles. The molecule has 0 bridgehead atoms. The van der Waals surface area contributed by atoms with Crippen molar-refractivity contribution < 1.29 is 8.78 Å². The normalized spacial score (nSPS) is 20.8. The van der Waals surface area contributed by atoms with Gasteiger partial charge in [-0.25, -0.2) is 8.78 Å². The molecule has 0 N–H and O–H groups in total. The summed E-state index contributed by atoms with van der Waals surface area (Å²) in [7, 11) is 0. The van der Waals surface area contributed by atoms with Crippen LogP contribution in [0.15, 0.2) is 0 Å². The van der Waals surface area contributed by atoms with Gasteiger partial charge in [-0.15, -0.1) is 0 Å². The van der Waals surface area contributed by atoms with E-state index >= 15 is 0 Å². The maximum absolute atomic E-state index is 13.2. The molecule has 0 heterocycles. The quantitative estimate of drug-likeness (QED) is 0.612. The Morgan fingerprint density at radius 3 is 2.17 bits per heavy atom. The number of hydrogen-bond donors (Lipinski definition) is 0. The van der Waals surface area contributed by atoms with Gasteiger partial charge in [0.15, 0.2) is 0 Å².